The molecule has 0 radical (unpaired) electrons. The monoisotopic (exact) mass is 564 g/mol. The van der Waals surface area contributed by atoms with Crippen LogP contribution in [0.25, 0.3) is 33.1 Å². The summed E-state index contributed by atoms with van der Waals surface area (Å²) in [5.74, 6) is 0.157. The van der Waals surface area contributed by atoms with E-state index in [2.05, 4.69) is 42.2 Å². The minimum atomic E-state index is -0.516. The smallest absolute Gasteiger partial charge is 0.319 e. The zero-order valence-electron chi connectivity index (χ0n) is 22.7. The second kappa shape index (κ2) is 10.4. The second-order valence-corrected chi connectivity index (χ2v) is 11.8. The third-order valence-electron chi connectivity index (χ3n) is 8.92. The van der Waals surface area contributed by atoms with E-state index in [0.717, 1.165) is 69.3 Å². The number of aromatic nitrogens is 5. The molecule has 3 aliphatic heterocycles. The molecule has 6 heterocycles. The standard InChI is InChI=1S/C29H34ClFN8O/c1-2-32-19-6-3-9-38(16-19)27-22-14-33-25(20-12-18(30)13-23-21(20)15-34-37-23)24(31)26(22)35-28(36-27)40-17-29-7-4-10-39(29)11-5-8-29/h12-15,19,32H,2-11,16-17H2,1H3,(H,34,37). The molecule has 0 saturated carbocycles. The number of H-pyrrole nitrogens is 1. The van der Waals surface area contributed by atoms with Gasteiger partial charge in [0.1, 0.15) is 23.6 Å². The summed E-state index contributed by atoms with van der Waals surface area (Å²) in [6, 6.07) is 4.05. The van der Waals surface area contributed by atoms with Gasteiger partial charge in [0, 0.05) is 41.3 Å². The van der Waals surface area contributed by atoms with Gasteiger partial charge in [-0.05, 0) is 70.3 Å². The van der Waals surface area contributed by atoms with Crippen molar-refractivity contribution in [2.75, 3.05) is 44.2 Å². The van der Waals surface area contributed by atoms with Gasteiger partial charge in [0.25, 0.3) is 0 Å². The zero-order chi connectivity index (χ0) is 27.3. The maximum atomic E-state index is 16.5. The molecule has 1 atom stereocenters. The molecule has 0 aliphatic carbocycles. The highest BCUT2D eigenvalue weighted by Crippen LogP contribution is 2.40. The number of pyridine rings is 1. The number of rotatable bonds is 7. The minimum Gasteiger partial charge on any atom is -0.461 e. The Hall–Kier alpha value is -3.08. The molecular weight excluding hydrogens is 531 g/mol. The Labute approximate surface area is 237 Å². The predicted molar refractivity (Wildman–Crippen MR) is 155 cm³/mol. The first-order valence-electron chi connectivity index (χ1n) is 14.4. The van der Waals surface area contributed by atoms with E-state index < -0.39 is 5.82 Å². The number of aromatic amines is 1. The van der Waals surface area contributed by atoms with E-state index >= 15 is 4.39 Å². The van der Waals surface area contributed by atoms with Gasteiger partial charge in [0.15, 0.2) is 5.82 Å². The van der Waals surface area contributed by atoms with Crippen LogP contribution in [0.5, 0.6) is 6.01 Å². The largest absolute Gasteiger partial charge is 0.461 e. The molecule has 0 amide bonds. The molecule has 0 spiro atoms. The van der Waals surface area contributed by atoms with E-state index in [-0.39, 0.29) is 22.8 Å². The maximum Gasteiger partial charge on any atom is 0.319 e. The number of hydrogen-bond donors (Lipinski definition) is 2. The Morgan fingerprint density at radius 1 is 1.12 bits per heavy atom. The summed E-state index contributed by atoms with van der Waals surface area (Å²) in [6.07, 6.45) is 10.1. The zero-order valence-corrected chi connectivity index (χ0v) is 23.5. The fraction of sp³-hybridized carbons (Fsp3) is 0.517. The number of anilines is 1. The summed E-state index contributed by atoms with van der Waals surface area (Å²) in [6.45, 7) is 7.37. The Morgan fingerprint density at radius 3 is 2.80 bits per heavy atom. The van der Waals surface area contributed by atoms with Crippen LogP contribution < -0.4 is 15.0 Å². The molecule has 4 aromatic rings. The second-order valence-electron chi connectivity index (χ2n) is 11.3. The molecular formula is C29H34ClFN8O. The minimum absolute atomic E-state index is 0.0371. The average Bonchev–Trinajstić information content (AvgIpc) is 3.68. The predicted octanol–water partition coefficient (Wildman–Crippen LogP) is 4.95. The highest BCUT2D eigenvalue weighted by atomic mass is 35.5. The van der Waals surface area contributed by atoms with E-state index in [1.807, 2.05) is 0 Å². The molecule has 3 fully saturated rings. The van der Waals surface area contributed by atoms with Crippen LogP contribution in [0.3, 0.4) is 0 Å². The fourth-order valence-electron chi connectivity index (χ4n) is 7.01. The number of likely N-dealkylation sites (N-methyl/N-ethyl adjacent to an activating group) is 1. The van der Waals surface area contributed by atoms with Crippen LogP contribution in [0.2, 0.25) is 5.02 Å². The Bertz CT molecular complexity index is 1550. The van der Waals surface area contributed by atoms with Crippen molar-refractivity contribution in [3.63, 3.8) is 0 Å². The van der Waals surface area contributed by atoms with Gasteiger partial charge in [-0.2, -0.15) is 15.1 Å². The number of halogens is 2. The molecule has 3 aromatic heterocycles. The SMILES string of the molecule is CCNC1CCCN(c2nc(OCC34CCCN3CCC4)nc3c(F)c(-c4cc(Cl)cc5[nH]ncc45)ncc23)C1. The van der Waals surface area contributed by atoms with E-state index in [1.165, 1.54) is 12.8 Å². The third kappa shape index (κ3) is 4.46. The molecule has 1 aromatic carbocycles. The van der Waals surface area contributed by atoms with Gasteiger partial charge >= 0.3 is 6.01 Å². The van der Waals surface area contributed by atoms with E-state index in [4.69, 9.17) is 21.3 Å². The Kier molecular flexibility index (Phi) is 6.72. The van der Waals surface area contributed by atoms with Crippen LogP contribution in [0.15, 0.2) is 24.5 Å². The lowest BCUT2D eigenvalue weighted by molar-refractivity contribution is 0.108. The number of hydrogen-bond acceptors (Lipinski definition) is 8. The molecule has 1 unspecified atom stereocenters. The van der Waals surface area contributed by atoms with Crippen molar-refractivity contribution in [3.05, 3.63) is 35.4 Å². The molecule has 2 N–H and O–H groups in total. The molecule has 3 aliphatic rings. The van der Waals surface area contributed by atoms with Crippen molar-refractivity contribution in [1.82, 2.24) is 35.4 Å². The fourth-order valence-corrected chi connectivity index (χ4v) is 7.23. The van der Waals surface area contributed by atoms with Crippen LogP contribution in [-0.4, -0.2) is 81.0 Å². The van der Waals surface area contributed by atoms with Crippen LogP contribution in [-0.2, 0) is 0 Å². The molecule has 40 heavy (non-hydrogen) atoms. The summed E-state index contributed by atoms with van der Waals surface area (Å²) in [5, 5.41) is 12.4. The van der Waals surface area contributed by atoms with E-state index in [1.54, 1.807) is 24.5 Å². The lowest BCUT2D eigenvalue weighted by Gasteiger charge is -2.35. The van der Waals surface area contributed by atoms with Crippen molar-refractivity contribution in [2.24, 2.45) is 0 Å². The number of nitrogens with zero attached hydrogens (tertiary/aromatic N) is 6. The number of fused-ring (bicyclic) bond motifs is 3. The normalized spacial score (nSPS) is 21.0. The summed E-state index contributed by atoms with van der Waals surface area (Å²) in [7, 11) is 0. The first-order valence-corrected chi connectivity index (χ1v) is 14.8. The van der Waals surface area contributed by atoms with Gasteiger partial charge < -0.3 is 15.0 Å². The molecule has 11 heteroatoms. The van der Waals surface area contributed by atoms with Crippen LogP contribution in [0.1, 0.15) is 45.4 Å². The highest BCUT2D eigenvalue weighted by molar-refractivity contribution is 6.31. The van der Waals surface area contributed by atoms with Gasteiger partial charge in [-0.3, -0.25) is 15.0 Å². The van der Waals surface area contributed by atoms with Gasteiger partial charge in [-0.25, -0.2) is 4.39 Å². The van der Waals surface area contributed by atoms with Crippen LogP contribution in [0, 0.1) is 5.82 Å². The quantitative estimate of drug-likeness (QED) is 0.326. The number of benzene rings is 1. The molecule has 0 bridgehead atoms. The summed E-state index contributed by atoms with van der Waals surface area (Å²) >= 11 is 6.38. The van der Waals surface area contributed by atoms with Gasteiger partial charge in [0.2, 0.25) is 0 Å². The third-order valence-corrected chi connectivity index (χ3v) is 9.14. The Morgan fingerprint density at radius 2 is 1.98 bits per heavy atom. The Balaban J connectivity index is 1.33. The van der Waals surface area contributed by atoms with Crippen molar-refractivity contribution in [2.45, 2.75) is 57.0 Å². The van der Waals surface area contributed by atoms with Crippen molar-refractivity contribution in [3.8, 4) is 17.3 Å². The van der Waals surface area contributed by atoms with Gasteiger partial charge in [-0.1, -0.05) is 18.5 Å². The number of piperidine rings is 1. The first-order chi connectivity index (χ1) is 19.5. The van der Waals surface area contributed by atoms with Crippen molar-refractivity contribution >= 4 is 39.2 Å². The molecule has 210 valence electrons. The number of nitrogens with one attached hydrogen (secondary N) is 2. The lowest BCUT2D eigenvalue weighted by atomic mass is 9.95. The highest BCUT2D eigenvalue weighted by Gasteiger charge is 2.45. The van der Waals surface area contributed by atoms with Crippen molar-refractivity contribution in [1.29, 1.82) is 0 Å². The average molecular weight is 565 g/mol. The first kappa shape index (κ1) is 25.9. The summed E-state index contributed by atoms with van der Waals surface area (Å²) < 4.78 is 22.8. The molecule has 9 nitrogen and oxygen atoms in total. The molecule has 7 rings (SSSR count). The summed E-state index contributed by atoms with van der Waals surface area (Å²) in [5.41, 5.74) is 1.71. The topological polar surface area (TPSA) is 95.1 Å². The van der Waals surface area contributed by atoms with Gasteiger partial charge in [0.05, 0.1) is 22.6 Å². The number of ether oxygens (including phenoxy) is 1. The van der Waals surface area contributed by atoms with E-state index in [9.17, 15) is 0 Å². The van der Waals surface area contributed by atoms with E-state index in [0.29, 0.717) is 34.4 Å². The van der Waals surface area contributed by atoms with Crippen LogP contribution >= 0.6 is 11.6 Å². The summed E-state index contributed by atoms with van der Waals surface area (Å²) in [4.78, 5) is 18.9. The maximum absolute atomic E-state index is 16.5. The van der Waals surface area contributed by atoms with Crippen molar-refractivity contribution < 1.29 is 9.13 Å². The van der Waals surface area contributed by atoms with Gasteiger partial charge in [-0.15, -0.1) is 0 Å². The lowest BCUT2D eigenvalue weighted by Crippen LogP contribution is -2.46. The molecule has 3 saturated heterocycles. The van der Waals surface area contributed by atoms with Crippen LogP contribution in [0.4, 0.5) is 10.2 Å².